The van der Waals surface area contributed by atoms with Gasteiger partial charge < -0.3 is 5.73 Å². The maximum Gasteiger partial charge on any atom is 0.207 e. The maximum atomic E-state index is 5.93. The molecule has 1 aromatic rings. The van der Waals surface area contributed by atoms with E-state index in [1.165, 1.54) is 11.3 Å². The average Bonchev–Trinajstić information content (AvgIpc) is 2.67. The van der Waals surface area contributed by atoms with Crippen LogP contribution in [-0.4, -0.2) is 33.7 Å². The van der Waals surface area contributed by atoms with Gasteiger partial charge in [-0.1, -0.05) is 11.3 Å². The van der Waals surface area contributed by atoms with Crippen molar-refractivity contribution in [3.63, 3.8) is 0 Å². The van der Waals surface area contributed by atoms with Crippen LogP contribution in [0, 0.1) is 0 Å². The fourth-order valence-corrected chi connectivity index (χ4v) is 2.62. The third-order valence-corrected chi connectivity index (χ3v) is 3.73. The number of nitrogens with two attached hydrogens (primary N) is 1. The molecule has 6 heteroatoms. The Labute approximate surface area is 92.1 Å². The van der Waals surface area contributed by atoms with Crippen LogP contribution in [0.25, 0.3) is 0 Å². The topological polar surface area (TPSA) is 55.0 Å². The largest absolute Gasteiger partial charge is 0.326 e. The zero-order chi connectivity index (χ0) is 10.1. The highest BCUT2D eigenvalue weighted by atomic mass is 35.5. The number of aromatic nitrogens is 2. The van der Waals surface area contributed by atoms with Crippen molar-refractivity contribution < 1.29 is 0 Å². The Morgan fingerprint density at radius 3 is 2.93 bits per heavy atom. The van der Waals surface area contributed by atoms with Crippen molar-refractivity contribution in [3.8, 4) is 0 Å². The van der Waals surface area contributed by atoms with E-state index >= 15 is 0 Å². The normalized spacial score (nSPS) is 28.5. The standard InChI is InChI=1S/C8H13ClN4S/c1-5-6(10)2-3-13(5)4-7-11-12-8(9)14-7/h5-6H,2-4,10H2,1H3. The van der Waals surface area contributed by atoms with Gasteiger partial charge in [-0.2, -0.15) is 0 Å². The summed E-state index contributed by atoms with van der Waals surface area (Å²) in [7, 11) is 0. The summed E-state index contributed by atoms with van der Waals surface area (Å²) in [6.07, 6.45) is 1.06. The number of halogens is 1. The van der Waals surface area contributed by atoms with E-state index < -0.39 is 0 Å². The van der Waals surface area contributed by atoms with Crippen molar-refractivity contribution in [2.24, 2.45) is 5.73 Å². The minimum absolute atomic E-state index is 0.290. The minimum atomic E-state index is 0.290. The third-order valence-electron chi connectivity index (χ3n) is 2.73. The van der Waals surface area contributed by atoms with Gasteiger partial charge in [-0.3, -0.25) is 4.90 Å². The van der Waals surface area contributed by atoms with Crippen LogP contribution < -0.4 is 5.73 Å². The Hall–Kier alpha value is -0.230. The van der Waals surface area contributed by atoms with E-state index in [9.17, 15) is 0 Å². The van der Waals surface area contributed by atoms with E-state index in [-0.39, 0.29) is 0 Å². The van der Waals surface area contributed by atoms with Gasteiger partial charge in [0.15, 0.2) is 0 Å². The van der Waals surface area contributed by atoms with Crippen molar-refractivity contribution in [3.05, 3.63) is 9.47 Å². The van der Waals surface area contributed by atoms with Crippen LogP contribution in [0.2, 0.25) is 4.47 Å². The van der Waals surface area contributed by atoms with Gasteiger partial charge >= 0.3 is 0 Å². The Bertz CT molecular complexity index is 316. The summed E-state index contributed by atoms with van der Waals surface area (Å²) in [6, 6.07) is 0.719. The van der Waals surface area contributed by atoms with Crippen LogP contribution in [-0.2, 0) is 6.54 Å². The summed E-state index contributed by atoms with van der Waals surface area (Å²) >= 11 is 7.15. The summed E-state index contributed by atoms with van der Waals surface area (Å²) in [4.78, 5) is 2.32. The third kappa shape index (κ3) is 2.06. The minimum Gasteiger partial charge on any atom is -0.326 e. The van der Waals surface area contributed by atoms with E-state index in [4.69, 9.17) is 17.3 Å². The number of likely N-dealkylation sites (tertiary alicyclic amines) is 1. The van der Waals surface area contributed by atoms with Crippen LogP contribution >= 0.6 is 22.9 Å². The molecule has 2 atom stereocenters. The molecule has 4 nitrogen and oxygen atoms in total. The molecular formula is C8H13ClN4S. The lowest BCUT2D eigenvalue weighted by Gasteiger charge is -2.21. The molecule has 2 N–H and O–H groups in total. The highest BCUT2D eigenvalue weighted by molar-refractivity contribution is 7.15. The van der Waals surface area contributed by atoms with Gasteiger partial charge in [0.1, 0.15) is 5.01 Å². The molecule has 0 spiro atoms. The number of hydrogen-bond donors (Lipinski definition) is 1. The molecule has 0 bridgehead atoms. The van der Waals surface area contributed by atoms with Crippen molar-refractivity contribution in [2.45, 2.75) is 32.0 Å². The maximum absolute atomic E-state index is 5.93. The SMILES string of the molecule is CC1C(N)CCN1Cc1nnc(Cl)s1. The van der Waals surface area contributed by atoms with Crippen molar-refractivity contribution in [1.29, 1.82) is 0 Å². The van der Waals surface area contributed by atoms with Crippen LogP contribution in [0.1, 0.15) is 18.4 Å². The fourth-order valence-electron chi connectivity index (χ4n) is 1.72. The lowest BCUT2D eigenvalue weighted by Crippen LogP contribution is -2.36. The van der Waals surface area contributed by atoms with Crippen LogP contribution in [0.3, 0.4) is 0 Å². The van der Waals surface area contributed by atoms with Crippen LogP contribution in [0.15, 0.2) is 0 Å². The molecule has 1 aromatic heterocycles. The first-order valence-electron chi connectivity index (χ1n) is 4.64. The first-order chi connectivity index (χ1) is 6.66. The fraction of sp³-hybridized carbons (Fsp3) is 0.750. The second-order valence-corrected chi connectivity index (χ2v) is 5.26. The highest BCUT2D eigenvalue weighted by Gasteiger charge is 2.28. The predicted octanol–water partition coefficient (Wildman–Crippen LogP) is 1.11. The quantitative estimate of drug-likeness (QED) is 0.830. The molecular weight excluding hydrogens is 220 g/mol. The van der Waals surface area contributed by atoms with Crippen LogP contribution in [0.4, 0.5) is 0 Å². The van der Waals surface area contributed by atoms with Gasteiger partial charge in [0, 0.05) is 18.6 Å². The number of hydrogen-bond acceptors (Lipinski definition) is 5. The van der Waals surface area contributed by atoms with Crippen molar-refractivity contribution in [2.75, 3.05) is 6.54 Å². The molecule has 0 aliphatic carbocycles. The van der Waals surface area contributed by atoms with Gasteiger partial charge in [-0.25, -0.2) is 0 Å². The summed E-state index contributed by atoms with van der Waals surface area (Å²) in [5.74, 6) is 0. The van der Waals surface area contributed by atoms with Gasteiger partial charge in [-0.15, -0.1) is 10.2 Å². The molecule has 2 heterocycles. The average molecular weight is 233 g/mol. The number of nitrogens with zero attached hydrogens (tertiary/aromatic N) is 3. The summed E-state index contributed by atoms with van der Waals surface area (Å²) in [6.45, 7) is 4.01. The Morgan fingerprint density at radius 2 is 2.43 bits per heavy atom. The second-order valence-electron chi connectivity index (χ2n) is 3.61. The Morgan fingerprint density at radius 1 is 1.64 bits per heavy atom. The molecule has 78 valence electrons. The predicted molar refractivity (Wildman–Crippen MR) is 57.4 cm³/mol. The molecule has 1 aliphatic heterocycles. The van der Waals surface area contributed by atoms with Gasteiger partial charge in [0.05, 0.1) is 6.54 Å². The Balaban J connectivity index is 1.98. The van der Waals surface area contributed by atoms with E-state index in [0.717, 1.165) is 24.5 Å². The van der Waals surface area contributed by atoms with Gasteiger partial charge in [-0.05, 0) is 24.9 Å². The molecule has 0 aromatic carbocycles. The monoisotopic (exact) mass is 232 g/mol. The second kappa shape index (κ2) is 4.10. The smallest absolute Gasteiger partial charge is 0.207 e. The molecule has 0 amide bonds. The van der Waals surface area contributed by atoms with Crippen LogP contribution in [0.5, 0.6) is 0 Å². The van der Waals surface area contributed by atoms with Gasteiger partial charge in [0.25, 0.3) is 0 Å². The molecule has 14 heavy (non-hydrogen) atoms. The molecule has 0 radical (unpaired) electrons. The lowest BCUT2D eigenvalue weighted by atomic mass is 10.2. The lowest BCUT2D eigenvalue weighted by molar-refractivity contribution is 0.251. The van der Waals surface area contributed by atoms with E-state index in [1.807, 2.05) is 0 Å². The molecule has 1 fully saturated rings. The van der Waals surface area contributed by atoms with Crippen molar-refractivity contribution in [1.82, 2.24) is 15.1 Å². The number of rotatable bonds is 2. The Kier molecular flexibility index (Phi) is 3.02. The summed E-state index contributed by atoms with van der Waals surface area (Å²) in [5, 5.41) is 8.74. The van der Waals surface area contributed by atoms with Gasteiger partial charge in [0.2, 0.25) is 4.47 Å². The first-order valence-corrected chi connectivity index (χ1v) is 5.84. The molecule has 1 saturated heterocycles. The zero-order valence-corrected chi connectivity index (χ0v) is 9.55. The molecule has 2 unspecified atom stereocenters. The van der Waals surface area contributed by atoms with E-state index in [0.29, 0.717) is 16.6 Å². The molecule has 0 saturated carbocycles. The zero-order valence-electron chi connectivity index (χ0n) is 7.98. The van der Waals surface area contributed by atoms with Crippen molar-refractivity contribution >= 4 is 22.9 Å². The first kappa shape index (κ1) is 10.3. The highest BCUT2D eigenvalue weighted by Crippen LogP contribution is 2.21. The van der Waals surface area contributed by atoms with E-state index in [2.05, 4.69) is 22.0 Å². The summed E-state index contributed by atoms with van der Waals surface area (Å²) < 4.78 is 0.510. The molecule has 1 aliphatic rings. The molecule has 2 rings (SSSR count). The summed E-state index contributed by atoms with van der Waals surface area (Å²) in [5.41, 5.74) is 5.93. The van der Waals surface area contributed by atoms with E-state index in [1.54, 1.807) is 0 Å².